The Balaban J connectivity index is 2.22. The Bertz CT molecular complexity index is 198. The number of hydrogen-bond acceptors (Lipinski definition) is 5. The van der Waals surface area contributed by atoms with Crippen LogP contribution in [0.25, 0.3) is 0 Å². The average molecular weight is 140 g/mol. The molecular formula is C5H8N4O. The van der Waals surface area contributed by atoms with Crippen LogP contribution in [-0.2, 0) is 4.74 Å². The van der Waals surface area contributed by atoms with Crippen LogP contribution in [0.15, 0.2) is 16.6 Å². The summed E-state index contributed by atoms with van der Waals surface area (Å²) in [4.78, 5) is 4.06. The molecule has 0 atom stereocenters. The van der Waals surface area contributed by atoms with E-state index in [-0.39, 0.29) is 0 Å². The molecule has 2 rings (SSSR count). The molecule has 2 aliphatic heterocycles. The Morgan fingerprint density at radius 3 is 3.50 bits per heavy atom. The van der Waals surface area contributed by atoms with Crippen LogP contribution in [0.3, 0.4) is 0 Å². The number of nitrogens with zero attached hydrogens (tertiary/aromatic N) is 1. The summed E-state index contributed by atoms with van der Waals surface area (Å²) in [5.74, 6) is 0.723. The van der Waals surface area contributed by atoms with E-state index in [1.165, 1.54) is 0 Å². The van der Waals surface area contributed by atoms with Crippen LogP contribution in [0.2, 0.25) is 0 Å². The first-order chi connectivity index (χ1) is 4.97. The molecule has 0 aromatic heterocycles. The van der Waals surface area contributed by atoms with Gasteiger partial charge in [0.25, 0.3) is 0 Å². The summed E-state index contributed by atoms with van der Waals surface area (Å²) >= 11 is 0. The van der Waals surface area contributed by atoms with Gasteiger partial charge in [-0.25, -0.2) is 0 Å². The summed E-state index contributed by atoms with van der Waals surface area (Å²) in [5.41, 5.74) is 9.21. The third-order valence-corrected chi connectivity index (χ3v) is 1.30. The van der Waals surface area contributed by atoms with E-state index in [1.807, 2.05) is 0 Å². The second-order valence-electron chi connectivity index (χ2n) is 2.00. The van der Waals surface area contributed by atoms with Crippen LogP contribution in [0.1, 0.15) is 0 Å². The van der Waals surface area contributed by atoms with Crippen molar-refractivity contribution in [2.45, 2.75) is 0 Å². The van der Waals surface area contributed by atoms with Crippen LogP contribution in [0, 0.1) is 0 Å². The summed E-state index contributed by atoms with van der Waals surface area (Å²) in [6.07, 6.45) is 1.75. The van der Waals surface area contributed by atoms with E-state index in [4.69, 9.17) is 4.74 Å². The van der Waals surface area contributed by atoms with Gasteiger partial charge in [0.15, 0.2) is 0 Å². The second-order valence-corrected chi connectivity index (χ2v) is 2.00. The van der Waals surface area contributed by atoms with Crippen LogP contribution < -0.4 is 16.4 Å². The molecule has 0 bridgehead atoms. The smallest absolute Gasteiger partial charge is 0.229 e. The Morgan fingerprint density at radius 2 is 2.50 bits per heavy atom. The summed E-state index contributed by atoms with van der Waals surface area (Å²) in [7, 11) is 0. The summed E-state index contributed by atoms with van der Waals surface area (Å²) in [6, 6.07) is 0. The molecule has 0 aromatic rings. The zero-order valence-corrected chi connectivity index (χ0v) is 5.35. The molecule has 0 radical (unpaired) electrons. The number of nitrogens with one attached hydrogen (secondary N) is 3. The third-order valence-electron chi connectivity index (χ3n) is 1.30. The Morgan fingerprint density at radius 1 is 1.50 bits per heavy atom. The van der Waals surface area contributed by atoms with Gasteiger partial charge in [-0.1, -0.05) is 0 Å². The molecule has 0 spiro atoms. The number of aliphatic imine (C=N–C) groups is 1. The predicted molar refractivity (Wildman–Crippen MR) is 35.7 cm³/mol. The van der Waals surface area contributed by atoms with E-state index in [1.54, 1.807) is 6.21 Å². The lowest BCUT2D eigenvalue weighted by atomic mass is 10.5. The van der Waals surface area contributed by atoms with E-state index in [9.17, 15) is 0 Å². The maximum absolute atomic E-state index is 5.25. The van der Waals surface area contributed by atoms with E-state index in [2.05, 4.69) is 21.4 Å². The summed E-state index contributed by atoms with van der Waals surface area (Å²) in [5, 5.41) is 0. The van der Waals surface area contributed by atoms with Gasteiger partial charge >= 0.3 is 0 Å². The fraction of sp³-hybridized carbons (Fsp3) is 0.400. The first-order valence-corrected chi connectivity index (χ1v) is 3.11. The minimum atomic E-state index is 0.631. The van der Waals surface area contributed by atoms with Gasteiger partial charge in [0.1, 0.15) is 12.3 Å². The zero-order valence-electron chi connectivity index (χ0n) is 5.35. The highest BCUT2D eigenvalue weighted by Gasteiger charge is 2.13. The van der Waals surface area contributed by atoms with E-state index in [0.717, 1.165) is 18.1 Å². The van der Waals surface area contributed by atoms with E-state index in [0.29, 0.717) is 6.61 Å². The monoisotopic (exact) mass is 140 g/mol. The number of rotatable bonds is 0. The van der Waals surface area contributed by atoms with Crippen LogP contribution in [0.4, 0.5) is 0 Å². The topological polar surface area (TPSA) is 57.7 Å². The molecule has 54 valence electrons. The molecule has 5 heteroatoms. The second kappa shape index (κ2) is 2.18. The lowest BCUT2D eigenvalue weighted by Gasteiger charge is -2.02. The van der Waals surface area contributed by atoms with Crippen molar-refractivity contribution in [3.63, 3.8) is 0 Å². The average Bonchev–Trinajstić information content (AvgIpc) is 2.28. The van der Waals surface area contributed by atoms with Crippen molar-refractivity contribution in [1.29, 1.82) is 0 Å². The highest BCUT2D eigenvalue weighted by molar-refractivity contribution is 5.78. The largest absolute Gasteiger partial charge is 0.475 e. The van der Waals surface area contributed by atoms with Gasteiger partial charge in [0, 0.05) is 0 Å². The van der Waals surface area contributed by atoms with Gasteiger partial charge in [-0.2, -0.15) is 0 Å². The number of ether oxygens (including phenoxy) is 1. The van der Waals surface area contributed by atoms with Gasteiger partial charge in [-0.3, -0.25) is 15.8 Å². The first-order valence-electron chi connectivity index (χ1n) is 3.11. The fourth-order valence-corrected chi connectivity index (χ4v) is 0.840. The fourth-order valence-electron chi connectivity index (χ4n) is 0.840. The van der Waals surface area contributed by atoms with Crippen LogP contribution in [0.5, 0.6) is 0 Å². The molecule has 0 unspecified atom stereocenters. The molecule has 2 heterocycles. The van der Waals surface area contributed by atoms with Crippen molar-refractivity contribution in [3.05, 3.63) is 11.6 Å². The molecule has 0 amide bonds. The standard InChI is InChI=1S/C5H8N4O/c1-2-10-5-4(3-6-1)7-9-8-5/h3,7-9H,1-2H2. The molecule has 0 saturated carbocycles. The van der Waals surface area contributed by atoms with Gasteiger partial charge in [0.2, 0.25) is 5.88 Å². The molecule has 10 heavy (non-hydrogen) atoms. The quantitative estimate of drug-likeness (QED) is 0.398. The van der Waals surface area contributed by atoms with Gasteiger partial charge in [-0.05, 0) is 0 Å². The minimum absolute atomic E-state index is 0.631. The molecule has 5 nitrogen and oxygen atoms in total. The molecule has 0 fully saturated rings. The number of allylic oxidation sites excluding steroid dienone is 1. The summed E-state index contributed by atoms with van der Waals surface area (Å²) < 4.78 is 5.25. The van der Waals surface area contributed by atoms with Gasteiger partial charge in [0.05, 0.1) is 12.8 Å². The maximum atomic E-state index is 5.25. The van der Waals surface area contributed by atoms with Crippen molar-refractivity contribution in [2.75, 3.05) is 13.2 Å². The van der Waals surface area contributed by atoms with Crippen LogP contribution >= 0.6 is 0 Å². The van der Waals surface area contributed by atoms with Gasteiger partial charge < -0.3 is 4.74 Å². The number of hydrogen-bond donors (Lipinski definition) is 3. The Hall–Kier alpha value is -1.23. The first kappa shape index (κ1) is 5.55. The lowest BCUT2D eigenvalue weighted by Crippen LogP contribution is -2.33. The predicted octanol–water partition coefficient (Wildman–Crippen LogP) is -1.13. The molecule has 2 aliphatic rings. The summed E-state index contributed by atoms with van der Waals surface area (Å²) in [6.45, 7) is 1.35. The molecule has 0 saturated heterocycles. The SMILES string of the molecule is C1=NCCOC2=C1NNN2. The van der Waals surface area contributed by atoms with Crippen molar-refractivity contribution < 1.29 is 4.74 Å². The number of hydrazine groups is 2. The van der Waals surface area contributed by atoms with Crippen molar-refractivity contribution in [3.8, 4) is 0 Å². The minimum Gasteiger partial charge on any atom is -0.475 e. The highest BCUT2D eigenvalue weighted by atomic mass is 16.5. The maximum Gasteiger partial charge on any atom is 0.229 e. The van der Waals surface area contributed by atoms with Crippen molar-refractivity contribution in [2.24, 2.45) is 4.99 Å². The zero-order chi connectivity index (χ0) is 6.81. The normalized spacial score (nSPS) is 22.4. The molecule has 3 N–H and O–H groups in total. The van der Waals surface area contributed by atoms with Gasteiger partial charge in [-0.15, -0.1) is 5.53 Å². The molecular weight excluding hydrogens is 132 g/mol. The highest BCUT2D eigenvalue weighted by Crippen LogP contribution is 2.03. The third kappa shape index (κ3) is 0.801. The van der Waals surface area contributed by atoms with E-state index >= 15 is 0 Å². The van der Waals surface area contributed by atoms with Crippen molar-refractivity contribution >= 4 is 6.21 Å². The van der Waals surface area contributed by atoms with Crippen LogP contribution in [-0.4, -0.2) is 19.4 Å². The lowest BCUT2D eigenvalue weighted by molar-refractivity contribution is 0.199. The Kier molecular flexibility index (Phi) is 1.21. The van der Waals surface area contributed by atoms with Crippen molar-refractivity contribution in [1.82, 2.24) is 16.4 Å². The molecule has 0 aliphatic carbocycles. The van der Waals surface area contributed by atoms with E-state index < -0.39 is 0 Å². The molecule has 0 aromatic carbocycles. The Labute approximate surface area is 58.1 Å².